The number of ether oxygens (including phenoxy) is 1. The third-order valence-electron chi connectivity index (χ3n) is 5.51. The maximum Gasteiger partial charge on any atom is 0.136 e. The second-order valence-electron chi connectivity index (χ2n) is 8.33. The molecular formula is C28H29FN2OS. The van der Waals surface area contributed by atoms with Crippen LogP contribution >= 0.6 is 11.8 Å². The molecule has 0 amide bonds. The van der Waals surface area contributed by atoms with Gasteiger partial charge in [-0.2, -0.15) is 0 Å². The number of anilines is 1. The highest BCUT2D eigenvalue weighted by atomic mass is 32.2. The van der Waals surface area contributed by atoms with Gasteiger partial charge in [0.25, 0.3) is 0 Å². The van der Waals surface area contributed by atoms with Crippen molar-refractivity contribution < 1.29 is 9.13 Å². The summed E-state index contributed by atoms with van der Waals surface area (Å²) >= 11 is 1.76. The molecule has 1 heterocycles. The van der Waals surface area contributed by atoms with E-state index in [4.69, 9.17) is 9.73 Å². The fraction of sp³-hybridized carbons (Fsp3) is 0.250. The van der Waals surface area contributed by atoms with E-state index in [9.17, 15) is 4.39 Å². The van der Waals surface area contributed by atoms with Crippen LogP contribution in [0.4, 0.5) is 10.1 Å². The van der Waals surface area contributed by atoms with E-state index in [2.05, 4.69) is 48.7 Å². The van der Waals surface area contributed by atoms with Gasteiger partial charge in [-0.25, -0.2) is 4.39 Å². The van der Waals surface area contributed by atoms with Crippen LogP contribution in [0.2, 0.25) is 0 Å². The smallest absolute Gasteiger partial charge is 0.136 e. The zero-order valence-electron chi connectivity index (χ0n) is 19.0. The minimum Gasteiger partial charge on any atom is -0.487 e. The second-order valence-corrected chi connectivity index (χ2v) is 9.42. The first-order valence-corrected chi connectivity index (χ1v) is 12.2. The van der Waals surface area contributed by atoms with Crippen LogP contribution < -0.4 is 10.1 Å². The Morgan fingerprint density at radius 2 is 1.79 bits per heavy atom. The van der Waals surface area contributed by atoms with E-state index in [0.717, 1.165) is 39.8 Å². The number of hydrogen-bond donors (Lipinski definition) is 1. The largest absolute Gasteiger partial charge is 0.487 e. The van der Waals surface area contributed by atoms with E-state index in [1.165, 1.54) is 11.6 Å². The Morgan fingerprint density at radius 1 is 1.06 bits per heavy atom. The SMILES string of the molecule is Cc1ccc(F)cc1NC(C)CC1CSC(COc2ccc(/C=C/c3ccccc3)cc2)=N1. The summed E-state index contributed by atoms with van der Waals surface area (Å²) in [4.78, 5) is 4.83. The topological polar surface area (TPSA) is 33.6 Å². The molecule has 2 unspecified atom stereocenters. The number of halogens is 1. The van der Waals surface area contributed by atoms with E-state index in [1.54, 1.807) is 23.9 Å². The highest BCUT2D eigenvalue weighted by Crippen LogP contribution is 2.25. The van der Waals surface area contributed by atoms with E-state index in [-0.39, 0.29) is 17.9 Å². The maximum absolute atomic E-state index is 13.5. The summed E-state index contributed by atoms with van der Waals surface area (Å²) in [6.45, 7) is 4.59. The molecule has 0 radical (unpaired) electrons. The lowest BCUT2D eigenvalue weighted by Crippen LogP contribution is -2.22. The first kappa shape index (κ1) is 23.1. The molecular weight excluding hydrogens is 431 g/mol. The molecule has 33 heavy (non-hydrogen) atoms. The minimum absolute atomic E-state index is 0.205. The predicted molar refractivity (Wildman–Crippen MR) is 140 cm³/mol. The highest BCUT2D eigenvalue weighted by Gasteiger charge is 2.21. The zero-order valence-corrected chi connectivity index (χ0v) is 19.8. The standard InChI is InChI=1S/C28H29FN2OS/c1-20-8-13-24(29)17-27(20)30-21(2)16-25-19-33-28(31-25)18-32-26-14-11-23(12-15-26)10-9-22-6-4-3-5-7-22/h3-15,17,21,25,30H,16,18-19H2,1-2H3/b10-9+. The molecule has 0 aromatic heterocycles. The van der Waals surface area contributed by atoms with Gasteiger partial charge in [-0.15, -0.1) is 11.8 Å². The summed E-state index contributed by atoms with van der Waals surface area (Å²) in [5.74, 6) is 1.58. The Morgan fingerprint density at radius 3 is 2.55 bits per heavy atom. The Kier molecular flexibility index (Phi) is 7.84. The molecule has 0 spiro atoms. The lowest BCUT2D eigenvalue weighted by molar-refractivity contribution is 0.378. The Labute approximate surface area is 199 Å². The molecule has 4 rings (SSSR count). The Hall–Kier alpha value is -3.05. The third kappa shape index (κ3) is 6.96. The lowest BCUT2D eigenvalue weighted by atomic mass is 10.1. The van der Waals surface area contributed by atoms with Crippen LogP contribution in [0.1, 0.15) is 30.0 Å². The van der Waals surface area contributed by atoms with Gasteiger partial charge in [-0.1, -0.05) is 60.7 Å². The van der Waals surface area contributed by atoms with Gasteiger partial charge in [0, 0.05) is 17.5 Å². The average molecular weight is 461 g/mol. The first-order chi connectivity index (χ1) is 16.0. The maximum atomic E-state index is 13.5. The normalized spacial score (nSPS) is 16.6. The summed E-state index contributed by atoms with van der Waals surface area (Å²) in [5.41, 5.74) is 4.21. The molecule has 2 atom stereocenters. The summed E-state index contributed by atoms with van der Waals surface area (Å²) in [6, 6.07) is 23.7. The fourth-order valence-corrected chi connectivity index (χ4v) is 4.69. The summed E-state index contributed by atoms with van der Waals surface area (Å²) in [6.07, 6.45) is 5.10. The third-order valence-corrected chi connectivity index (χ3v) is 6.61. The molecule has 1 N–H and O–H groups in total. The molecule has 170 valence electrons. The monoisotopic (exact) mass is 460 g/mol. The number of benzene rings is 3. The number of thioether (sulfide) groups is 1. The van der Waals surface area contributed by atoms with Crippen LogP contribution in [-0.4, -0.2) is 29.5 Å². The molecule has 1 aliphatic rings. The van der Waals surface area contributed by atoms with Crippen molar-refractivity contribution in [1.29, 1.82) is 0 Å². The molecule has 0 saturated heterocycles. The van der Waals surface area contributed by atoms with Crippen molar-refractivity contribution in [3.05, 3.63) is 95.3 Å². The Bertz CT molecular complexity index is 1110. The number of hydrogen-bond acceptors (Lipinski definition) is 4. The molecule has 0 bridgehead atoms. The van der Waals surface area contributed by atoms with Crippen molar-refractivity contribution in [2.24, 2.45) is 4.99 Å². The lowest BCUT2D eigenvalue weighted by Gasteiger charge is -2.19. The molecule has 0 aliphatic carbocycles. The van der Waals surface area contributed by atoms with Crippen molar-refractivity contribution in [2.45, 2.75) is 32.4 Å². The van der Waals surface area contributed by atoms with Crippen LogP contribution in [0.5, 0.6) is 5.75 Å². The van der Waals surface area contributed by atoms with E-state index in [1.807, 2.05) is 37.3 Å². The second kappa shape index (κ2) is 11.2. The van der Waals surface area contributed by atoms with Crippen molar-refractivity contribution in [2.75, 3.05) is 17.7 Å². The van der Waals surface area contributed by atoms with Crippen LogP contribution in [0, 0.1) is 12.7 Å². The summed E-state index contributed by atoms with van der Waals surface area (Å²) in [5, 5.41) is 4.45. The molecule has 5 heteroatoms. The van der Waals surface area contributed by atoms with Gasteiger partial charge in [0.15, 0.2) is 0 Å². The molecule has 0 saturated carbocycles. The van der Waals surface area contributed by atoms with Crippen molar-refractivity contribution >= 4 is 34.6 Å². The Balaban J connectivity index is 1.24. The van der Waals surface area contributed by atoms with Crippen molar-refractivity contribution in [1.82, 2.24) is 0 Å². The van der Waals surface area contributed by atoms with Crippen LogP contribution in [0.25, 0.3) is 12.2 Å². The number of aryl methyl sites for hydroxylation is 1. The highest BCUT2D eigenvalue weighted by molar-refractivity contribution is 8.14. The minimum atomic E-state index is -0.218. The van der Waals surface area contributed by atoms with Crippen molar-refractivity contribution in [3.63, 3.8) is 0 Å². The van der Waals surface area contributed by atoms with Gasteiger partial charge in [0.2, 0.25) is 0 Å². The summed E-state index contributed by atoms with van der Waals surface area (Å²) < 4.78 is 19.5. The number of nitrogens with one attached hydrogen (secondary N) is 1. The van der Waals surface area contributed by atoms with Gasteiger partial charge in [-0.3, -0.25) is 4.99 Å². The molecule has 3 aromatic rings. The average Bonchev–Trinajstić information content (AvgIpc) is 3.27. The fourth-order valence-electron chi connectivity index (χ4n) is 3.73. The van der Waals surface area contributed by atoms with E-state index < -0.39 is 0 Å². The molecule has 3 aromatic carbocycles. The predicted octanol–water partition coefficient (Wildman–Crippen LogP) is 7.09. The van der Waals surface area contributed by atoms with Crippen LogP contribution in [0.3, 0.4) is 0 Å². The van der Waals surface area contributed by atoms with Gasteiger partial charge in [0.1, 0.15) is 23.2 Å². The number of aliphatic imine (C=N–C) groups is 1. The molecule has 1 aliphatic heterocycles. The summed E-state index contributed by atoms with van der Waals surface area (Å²) in [7, 11) is 0. The number of rotatable bonds is 9. The number of nitrogens with zero attached hydrogens (tertiary/aromatic N) is 1. The van der Waals surface area contributed by atoms with Crippen LogP contribution in [0.15, 0.2) is 77.8 Å². The van der Waals surface area contributed by atoms with Crippen molar-refractivity contribution in [3.8, 4) is 5.75 Å². The molecule has 0 fully saturated rings. The van der Waals surface area contributed by atoms with Gasteiger partial charge in [-0.05, 0) is 61.2 Å². The van der Waals surface area contributed by atoms with Gasteiger partial charge >= 0.3 is 0 Å². The molecule has 3 nitrogen and oxygen atoms in total. The first-order valence-electron chi connectivity index (χ1n) is 11.2. The van der Waals surface area contributed by atoms with Gasteiger partial charge in [0.05, 0.1) is 6.04 Å². The van der Waals surface area contributed by atoms with Crippen LogP contribution in [-0.2, 0) is 0 Å². The van der Waals surface area contributed by atoms with E-state index in [0.29, 0.717) is 6.61 Å². The van der Waals surface area contributed by atoms with Gasteiger partial charge < -0.3 is 10.1 Å². The quantitative estimate of drug-likeness (QED) is 0.346. The zero-order chi connectivity index (χ0) is 23.0. The van der Waals surface area contributed by atoms with E-state index >= 15 is 0 Å².